The lowest BCUT2D eigenvalue weighted by Crippen LogP contribution is -2.34. The molecule has 1 aliphatic rings. The van der Waals surface area contributed by atoms with Crippen LogP contribution in [0.25, 0.3) is 0 Å². The fourth-order valence-corrected chi connectivity index (χ4v) is 2.36. The van der Waals surface area contributed by atoms with Gasteiger partial charge in [-0.3, -0.25) is 10.7 Å². The van der Waals surface area contributed by atoms with Crippen LogP contribution < -0.4 is 5.48 Å². The molecule has 0 aliphatic heterocycles. The minimum atomic E-state index is 0.381. The zero-order chi connectivity index (χ0) is 11.6. The van der Waals surface area contributed by atoms with Crippen LogP contribution >= 0.6 is 0 Å². The molecule has 0 unspecified atom stereocenters. The molecule has 0 aromatic rings. The van der Waals surface area contributed by atoms with E-state index in [4.69, 9.17) is 5.21 Å². The van der Waals surface area contributed by atoms with E-state index in [-0.39, 0.29) is 0 Å². The Balaban J connectivity index is 2.74. The quantitative estimate of drug-likeness (QED) is 0.699. The van der Waals surface area contributed by atoms with Crippen LogP contribution in [0.2, 0.25) is 0 Å². The number of hydroxylamine groups is 1. The van der Waals surface area contributed by atoms with Crippen LogP contribution in [0.5, 0.6) is 0 Å². The van der Waals surface area contributed by atoms with Crippen LogP contribution in [0, 0.1) is 23.2 Å². The van der Waals surface area contributed by atoms with Gasteiger partial charge in [-0.05, 0) is 36.0 Å². The maximum absolute atomic E-state index is 8.94. The highest BCUT2D eigenvalue weighted by Crippen LogP contribution is 2.43. The Labute approximate surface area is 93.7 Å². The summed E-state index contributed by atoms with van der Waals surface area (Å²) < 4.78 is 0. The highest BCUT2D eigenvalue weighted by Gasteiger charge is 2.35. The third-order valence-electron chi connectivity index (χ3n) is 4.46. The molecule has 1 aliphatic carbocycles. The summed E-state index contributed by atoms with van der Waals surface area (Å²) in [7, 11) is 0. The van der Waals surface area contributed by atoms with E-state index in [1.807, 2.05) is 0 Å². The van der Waals surface area contributed by atoms with E-state index < -0.39 is 0 Å². The standard InChI is InChI=1S/C13H25NO/c1-9(2)13(4,5)11-6-7-12(14-15)10(3)8-11/h7,9-11,14-15H,6,8H2,1-5H3/t10-,11+/m0/s1. The number of nitrogens with one attached hydrogen (secondary N) is 1. The first-order valence-corrected chi connectivity index (χ1v) is 5.99. The zero-order valence-electron chi connectivity index (χ0n) is 10.7. The summed E-state index contributed by atoms with van der Waals surface area (Å²) in [5.74, 6) is 1.88. The molecule has 0 aromatic carbocycles. The maximum atomic E-state index is 8.94. The molecular formula is C13H25NO. The van der Waals surface area contributed by atoms with Gasteiger partial charge in [-0.2, -0.15) is 0 Å². The Morgan fingerprint density at radius 1 is 1.47 bits per heavy atom. The molecule has 0 spiro atoms. The van der Waals surface area contributed by atoms with Gasteiger partial charge in [0, 0.05) is 5.70 Å². The van der Waals surface area contributed by atoms with Crippen molar-refractivity contribution in [3.05, 3.63) is 11.8 Å². The minimum absolute atomic E-state index is 0.381. The summed E-state index contributed by atoms with van der Waals surface area (Å²) in [6, 6.07) is 0. The smallest absolute Gasteiger partial charge is 0.0364 e. The second kappa shape index (κ2) is 4.56. The Morgan fingerprint density at radius 2 is 2.07 bits per heavy atom. The molecule has 0 aromatic heterocycles. The summed E-state index contributed by atoms with van der Waals surface area (Å²) in [6.45, 7) is 11.5. The number of rotatable bonds is 3. The van der Waals surface area contributed by atoms with E-state index >= 15 is 0 Å². The van der Waals surface area contributed by atoms with Gasteiger partial charge in [0.25, 0.3) is 0 Å². The van der Waals surface area contributed by atoms with Gasteiger partial charge >= 0.3 is 0 Å². The molecule has 0 saturated carbocycles. The third-order valence-corrected chi connectivity index (χ3v) is 4.46. The van der Waals surface area contributed by atoms with Crippen LogP contribution in [-0.2, 0) is 0 Å². The van der Waals surface area contributed by atoms with Gasteiger partial charge in [0.2, 0.25) is 0 Å². The molecule has 1 rings (SSSR count). The Hall–Kier alpha value is -0.500. The lowest BCUT2D eigenvalue weighted by Gasteiger charge is -2.41. The predicted molar refractivity (Wildman–Crippen MR) is 63.5 cm³/mol. The Bertz CT molecular complexity index is 243. The van der Waals surface area contributed by atoms with Gasteiger partial charge in [-0.1, -0.05) is 40.7 Å². The molecule has 0 amide bonds. The van der Waals surface area contributed by atoms with Crippen molar-refractivity contribution in [2.45, 2.75) is 47.5 Å². The highest BCUT2D eigenvalue weighted by atomic mass is 16.5. The Kier molecular flexibility index (Phi) is 3.82. The summed E-state index contributed by atoms with van der Waals surface area (Å²) >= 11 is 0. The van der Waals surface area contributed by atoms with Crippen LogP contribution in [0.15, 0.2) is 11.8 Å². The fourth-order valence-electron chi connectivity index (χ4n) is 2.36. The zero-order valence-corrected chi connectivity index (χ0v) is 10.7. The van der Waals surface area contributed by atoms with Crippen LogP contribution in [0.1, 0.15) is 47.5 Å². The van der Waals surface area contributed by atoms with Crippen LogP contribution in [-0.4, -0.2) is 5.21 Å². The van der Waals surface area contributed by atoms with Crippen molar-refractivity contribution in [2.24, 2.45) is 23.2 Å². The number of hydrogen-bond acceptors (Lipinski definition) is 2. The van der Waals surface area contributed by atoms with Gasteiger partial charge in [0.05, 0.1) is 0 Å². The van der Waals surface area contributed by atoms with E-state index in [1.54, 1.807) is 0 Å². The van der Waals surface area contributed by atoms with Crippen molar-refractivity contribution < 1.29 is 5.21 Å². The highest BCUT2D eigenvalue weighted by molar-refractivity contribution is 5.08. The van der Waals surface area contributed by atoms with Crippen molar-refractivity contribution in [1.82, 2.24) is 5.48 Å². The fraction of sp³-hybridized carbons (Fsp3) is 0.846. The summed E-state index contributed by atoms with van der Waals surface area (Å²) in [5.41, 5.74) is 3.69. The second-order valence-electron chi connectivity index (χ2n) is 5.82. The van der Waals surface area contributed by atoms with E-state index in [0.29, 0.717) is 17.3 Å². The SMILES string of the molecule is CC(C)C(C)(C)[C@@H]1CC=C(NO)[C@@H](C)C1. The third kappa shape index (κ3) is 2.54. The first-order chi connectivity index (χ1) is 6.89. The van der Waals surface area contributed by atoms with E-state index in [2.05, 4.69) is 46.2 Å². The molecule has 88 valence electrons. The van der Waals surface area contributed by atoms with Crippen molar-refractivity contribution in [3.8, 4) is 0 Å². The maximum Gasteiger partial charge on any atom is 0.0364 e. The summed E-state index contributed by atoms with van der Waals surface area (Å²) in [6.07, 6.45) is 4.41. The minimum Gasteiger partial charge on any atom is -0.291 e. The monoisotopic (exact) mass is 211 g/mol. The first-order valence-electron chi connectivity index (χ1n) is 5.99. The molecule has 0 saturated heterocycles. The lowest BCUT2D eigenvalue weighted by atomic mass is 9.65. The van der Waals surface area contributed by atoms with E-state index in [1.165, 1.54) is 6.42 Å². The average Bonchev–Trinajstić information content (AvgIpc) is 2.17. The molecule has 2 N–H and O–H groups in total. The first kappa shape index (κ1) is 12.6. The molecule has 2 nitrogen and oxygen atoms in total. The van der Waals surface area contributed by atoms with Crippen LogP contribution in [0.4, 0.5) is 0 Å². The van der Waals surface area contributed by atoms with Crippen molar-refractivity contribution >= 4 is 0 Å². The van der Waals surface area contributed by atoms with Gasteiger partial charge in [0.15, 0.2) is 0 Å². The van der Waals surface area contributed by atoms with Gasteiger partial charge in [-0.15, -0.1) is 0 Å². The molecule has 2 heteroatoms. The second-order valence-corrected chi connectivity index (χ2v) is 5.82. The molecular weight excluding hydrogens is 186 g/mol. The molecule has 0 fully saturated rings. The molecule has 0 heterocycles. The van der Waals surface area contributed by atoms with Crippen LogP contribution in [0.3, 0.4) is 0 Å². The molecule has 15 heavy (non-hydrogen) atoms. The topological polar surface area (TPSA) is 32.3 Å². The molecule has 2 atom stereocenters. The summed E-state index contributed by atoms with van der Waals surface area (Å²) in [4.78, 5) is 0. The number of hydrogen-bond donors (Lipinski definition) is 2. The summed E-state index contributed by atoms with van der Waals surface area (Å²) in [5, 5.41) is 8.94. The van der Waals surface area contributed by atoms with E-state index in [9.17, 15) is 0 Å². The van der Waals surface area contributed by atoms with Gasteiger partial charge < -0.3 is 0 Å². The number of allylic oxidation sites excluding steroid dienone is 2. The molecule has 0 radical (unpaired) electrons. The Morgan fingerprint density at radius 3 is 2.47 bits per heavy atom. The predicted octanol–water partition coefficient (Wildman–Crippen LogP) is 3.58. The van der Waals surface area contributed by atoms with E-state index in [0.717, 1.165) is 18.0 Å². The van der Waals surface area contributed by atoms with Crippen molar-refractivity contribution in [2.75, 3.05) is 0 Å². The largest absolute Gasteiger partial charge is 0.291 e. The van der Waals surface area contributed by atoms with Crippen molar-refractivity contribution in [1.29, 1.82) is 0 Å². The average molecular weight is 211 g/mol. The molecule has 0 bridgehead atoms. The van der Waals surface area contributed by atoms with Gasteiger partial charge in [-0.25, -0.2) is 0 Å². The lowest BCUT2D eigenvalue weighted by molar-refractivity contribution is 0.102. The van der Waals surface area contributed by atoms with Gasteiger partial charge in [0.1, 0.15) is 0 Å². The van der Waals surface area contributed by atoms with Crippen molar-refractivity contribution in [3.63, 3.8) is 0 Å². The normalized spacial score (nSPS) is 27.8.